The number of fused-ring (bicyclic) bond motifs is 1. The first-order valence-corrected chi connectivity index (χ1v) is 7.45. The predicted octanol–water partition coefficient (Wildman–Crippen LogP) is 0.304. The van der Waals surface area contributed by atoms with E-state index in [1.807, 2.05) is 9.80 Å². The minimum atomic E-state index is -0.165. The van der Waals surface area contributed by atoms with Crippen molar-refractivity contribution in [3.63, 3.8) is 0 Å². The molecule has 0 aromatic heterocycles. The van der Waals surface area contributed by atoms with Crippen molar-refractivity contribution in [3.05, 3.63) is 0 Å². The number of carbonyl (C=O) groups is 2. The molecule has 106 valence electrons. The molecule has 19 heavy (non-hydrogen) atoms. The predicted molar refractivity (Wildman–Crippen MR) is 71.6 cm³/mol. The van der Waals surface area contributed by atoms with Gasteiger partial charge in [0.05, 0.1) is 0 Å². The Morgan fingerprint density at radius 3 is 2.58 bits per heavy atom. The van der Waals surface area contributed by atoms with E-state index in [0.29, 0.717) is 19.0 Å². The second-order valence-corrected chi connectivity index (χ2v) is 6.09. The summed E-state index contributed by atoms with van der Waals surface area (Å²) in [5.41, 5.74) is 0. The first kappa shape index (κ1) is 12.9. The lowest BCUT2D eigenvalue weighted by Crippen LogP contribution is -2.52. The summed E-state index contributed by atoms with van der Waals surface area (Å²) in [6.07, 6.45) is 4.55. The van der Waals surface area contributed by atoms with Gasteiger partial charge in [0.15, 0.2) is 0 Å². The molecule has 0 aliphatic carbocycles. The van der Waals surface area contributed by atoms with Crippen LogP contribution in [-0.2, 0) is 9.59 Å². The highest BCUT2D eigenvalue weighted by molar-refractivity contribution is 5.90. The maximum atomic E-state index is 12.7. The number of carbonyl (C=O) groups excluding carboxylic acids is 2. The summed E-state index contributed by atoms with van der Waals surface area (Å²) >= 11 is 0. The van der Waals surface area contributed by atoms with Crippen LogP contribution in [-0.4, -0.2) is 71.8 Å². The van der Waals surface area contributed by atoms with Gasteiger partial charge in [-0.3, -0.25) is 9.59 Å². The molecule has 0 bridgehead atoms. The third-order valence-corrected chi connectivity index (χ3v) is 4.75. The number of rotatable bonds is 1. The van der Waals surface area contributed by atoms with E-state index in [0.717, 1.165) is 45.3 Å². The Morgan fingerprint density at radius 1 is 1.00 bits per heavy atom. The van der Waals surface area contributed by atoms with Gasteiger partial charge in [-0.15, -0.1) is 0 Å². The molecule has 5 heteroatoms. The molecule has 2 unspecified atom stereocenters. The summed E-state index contributed by atoms with van der Waals surface area (Å²) in [6.45, 7) is 3.45. The molecule has 0 saturated carbocycles. The number of likely N-dealkylation sites (tertiary alicyclic amines) is 1. The fourth-order valence-corrected chi connectivity index (χ4v) is 3.74. The van der Waals surface area contributed by atoms with E-state index >= 15 is 0 Å². The highest BCUT2D eigenvalue weighted by Gasteiger charge is 2.41. The van der Waals surface area contributed by atoms with Gasteiger partial charge in [0.2, 0.25) is 11.8 Å². The quantitative estimate of drug-likeness (QED) is 0.685. The van der Waals surface area contributed by atoms with Crippen LogP contribution in [0.2, 0.25) is 0 Å². The van der Waals surface area contributed by atoms with Crippen LogP contribution in [0.1, 0.15) is 32.1 Å². The Morgan fingerprint density at radius 2 is 1.79 bits per heavy atom. The molecule has 0 aromatic rings. The molecule has 3 aliphatic heterocycles. The van der Waals surface area contributed by atoms with Crippen molar-refractivity contribution in [2.24, 2.45) is 0 Å². The third-order valence-electron chi connectivity index (χ3n) is 4.75. The number of nitrogens with zero attached hydrogens (tertiary/aromatic N) is 3. The molecule has 0 radical (unpaired) electrons. The maximum absolute atomic E-state index is 12.7. The average molecular weight is 265 g/mol. The molecule has 3 heterocycles. The monoisotopic (exact) mass is 265 g/mol. The lowest BCUT2D eigenvalue weighted by atomic mass is 10.0. The first-order valence-electron chi connectivity index (χ1n) is 7.45. The largest absolute Gasteiger partial charge is 0.336 e. The second kappa shape index (κ2) is 5.12. The fraction of sp³-hybridized carbons (Fsp3) is 0.857. The summed E-state index contributed by atoms with van der Waals surface area (Å²) in [7, 11) is 2.11. The maximum Gasteiger partial charge on any atom is 0.245 e. The van der Waals surface area contributed by atoms with Gasteiger partial charge >= 0.3 is 0 Å². The van der Waals surface area contributed by atoms with Crippen molar-refractivity contribution in [2.45, 2.75) is 44.2 Å². The van der Waals surface area contributed by atoms with Crippen LogP contribution in [0, 0.1) is 0 Å². The highest BCUT2D eigenvalue weighted by atomic mass is 16.2. The van der Waals surface area contributed by atoms with Gasteiger partial charge in [-0.25, -0.2) is 0 Å². The topological polar surface area (TPSA) is 43.9 Å². The van der Waals surface area contributed by atoms with Crippen LogP contribution in [0.4, 0.5) is 0 Å². The first-order chi connectivity index (χ1) is 9.16. The second-order valence-electron chi connectivity index (χ2n) is 6.09. The molecule has 0 aromatic carbocycles. The zero-order chi connectivity index (χ0) is 13.4. The van der Waals surface area contributed by atoms with Crippen LogP contribution in [0.25, 0.3) is 0 Å². The number of hydrogen-bond acceptors (Lipinski definition) is 3. The Kier molecular flexibility index (Phi) is 3.48. The Hall–Kier alpha value is -1.10. The number of amides is 2. The molecule has 2 amide bonds. The van der Waals surface area contributed by atoms with E-state index in [1.54, 1.807) is 0 Å². The average Bonchev–Trinajstić information content (AvgIpc) is 2.84. The summed E-state index contributed by atoms with van der Waals surface area (Å²) in [5, 5.41) is 0. The van der Waals surface area contributed by atoms with Gasteiger partial charge in [-0.2, -0.15) is 0 Å². The van der Waals surface area contributed by atoms with Crippen molar-refractivity contribution in [3.8, 4) is 0 Å². The van der Waals surface area contributed by atoms with Crippen LogP contribution >= 0.6 is 0 Å². The Bertz CT molecular complexity index is 385. The van der Waals surface area contributed by atoms with Gasteiger partial charge in [0, 0.05) is 32.1 Å². The Labute approximate surface area is 114 Å². The molecule has 0 spiro atoms. The lowest BCUT2D eigenvalue weighted by Gasteiger charge is -2.38. The summed E-state index contributed by atoms with van der Waals surface area (Å²) < 4.78 is 0. The third kappa shape index (κ3) is 2.36. The molecule has 5 nitrogen and oxygen atoms in total. The lowest BCUT2D eigenvalue weighted by molar-refractivity contribution is -0.141. The van der Waals surface area contributed by atoms with E-state index in [9.17, 15) is 9.59 Å². The minimum Gasteiger partial charge on any atom is -0.336 e. The summed E-state index contributed by atoms with van der Waals surface area (Å²) in [6, 6.07) is 0.141. The van der Waals surface area contributed by atoms with Crippen LogP contribution in [0.15, 0.2) is 0 Å². The zero-order valence-corrected chi connectivity index (χ0v) is 11.7. The molecule has 3 saturated heterocycles. The summed E-state index contributed by atoms with van der Waals surface area (Å²) in [5.74, 6) is 0.367. The van der Waals surface area contributed by atoms with Crippen molar-refractivity contribution in [1.82, 2.24) is 14.7 Å². The molecule has 3 rings (SSSR count). The van der Waals surface area contributed by atoms with Crippen molar-refractivity contribution in [2.75, 3.05) is 33.2 Å². The smallest absolute Gasteiger partial charge is 0.245 e. The highest BCUT2D eigenvalue weighted by Crippen LogP contribution is 2.26. The van der Waals surface area contributed by atoms with E-state index < -0.39 is 0 Å². The van der Waals surface area contributed by atoms with Crippen molar-refractivity contribution >= 4 is 11.8 Å². The molecule has 3 aliphatic rings. The minimum absolute atomic E-state index is 0.165. The molecule has 2 atom stereocenters. The van der Waals surface area contributed by atoms with E-state index in [2.05, 4.69) is 11.9 Å². The van der Waals surface area contributed by atoms with Crippen LogP contribution < -0.4 is 0 Å². The molecular weight excluding hydrogens is 242 g/mol. The van der Waals surface area contributed by atoms with Crippen molar-refractivity contribution < 1.29 is 9.59 Å². The van der Waals surface area contributed by atoms with E-state index in [-0.39, 0.29) is 17.9 Å². The zero-order valence-electron chi connectivity index (χ0n) is 11.7. The fourth-order valence-electron chi connectivity index (χ4n) is 3.74. The molecule has 3 fully saturated rings. The van der Waals surface area contributed by atoms with Gasteiger partial charge in [-0.1, -0.05) is 0 Å². The molecular formula is C14H23N3O2. The van der Waals surface area contributed by atoms with Gasteiger partial charge in [0.25, 0.3) is 0 Å². The number of hydrogen-bond donors (Lipinski definition) is 0. The normalized spacial score (nSPS) is 33.5. The SMILES string of the molecule is CN1CCCC(N2CCC(=O)N3CCCC3C2=O)C1. The van der Waals surface area contributed by atoms with E-state index in [4.69, 9.17) is 0 Å². The number of piperidine rings is 1. The van der Waals surface area contributed by atoms with Crippen LogP contribution in [0.3, 0.4) is 0 Å². The van der Waals surface area contributed by atoms with Gasteiger partial charge in [-0.05, 0) is 39.3 Å². The number of likely N-dealkylation sites (N-methyl/N-ethyl adjacent to an activating group) is 1. The van der Waals surface area contributed by atoms with Crippen molar-refractivity contribution in [1.29, 1.82) is 0 Å². The van der Waals surface area contributed by atoms with Gasteiger partial charge in [0.1, 0.15) is 6.04 Å². The van der Waals surface area contributed by atoms with E-state index in [1.165, 1.54) is 0 Å². The standard InChI is InChI=1S/C14H23N3O2/c1-15-7-2-4-11(10-15)16-9-6-13(18)17-8-3-5-12(17)14(16)19/h11-12H,2-10H2,1H3. The molecule has 0 N–H and O–H groups in total. The van der Waals surface area contributed by atoms with Crippen LogP contribution in [0.5, 0.6) is 0 Å². The summed E-state index contributed by atoms with van der Waals surface area (Å²) in [4.78, 5) is 30.9. The Balaban J connectivity index is 1.77. The van der Waals surface area contributed by atoms with Gasteiger partial charge < -0.3 is 14.7 Å².